The van der Waals surface area contributed by atoms with Crippen LogP contribution < -0.4 is 21.3 Å². The van der Waals surface area contributed by atoms with E-state index in [0.717, 1.165) is 22.0 Å². The van der Waals surface area contributed by atoms with Crippen LogP contribution in [0.5, 0.6) is 0 Å². The number of aromatic nitrogens is 1. The molecule has 2 heterocycles. The zero-order valence-corrected chi connectivity index (χ0v) is 20.5. The number of nitrogens with two attached hydrogens (primary N) is 1. The summed E-state index contributed by atoms with van der Waals surface area (Å²) in [6.45, 7) is 9.29. The van der Waals surface area contributed by atoms with Gasteiger partial charge in [-0.3, -0.25) is 9.59 Å². The minimum atomic E-state index is -0.696. The van der Waals surface area contributed by atoms with Crippen molar-refractivity contribution in [1.82, 2.24) is 10.3 Å². The van der Waals surface area contributed by atoms with Crippen LogP contribution in [0.1, 0.15) is 56.0 Å². The normalized spacial score (nSPS) is 16.4. The number of anilines is 2. The minimum absolute atomic E-state index is 0.162. The molecule has 0 radical (unpaired) electrons. The number of hydrogen-bond donors (Lipinski definition) is 3. The number of allylic oxidation sites excluding steroid dienone is 4. The van der Waals surface area contributed by atoms with Crippen molar-refractivity contribution in [3.63, 3.8) is 0 Å². The second kappa shape index (κ2) is 10.8. The van der Waals surface area contributed by atoms with Crippen LogP contribution in [-0.4, -0.2) is 41.5 Å². The van der Waals surface area contributed by atoms with Gasteiger partial charge >= 0.3 is 0 Å². The van der Waals surface area contributed by atoms with Gasteiger partial charge in [0.15, 0.2) is 0 Å². The fraction of sp³-hybridized carbons (Fsp3) is 0.400. The van der Waals surface area contributed by atoms with Gasteiger partial charge in [-0.15, -0.1) is 11.3 Å². The Kier molecular flexibility index (Phi) is 8.05. The van der Waals surface area contributed by atoms with E-state index in [9.17, 15) is 9.59 Å². The average Bonchev–Trinajstić information content (AvgIpc) is 3.28. The second-order valence-corrected chi connectivity index (χ2v) is 9.48. The molecule has 176 valence electrons. The third-order valence-corrected chi connectivity index (χ3v) is 6.74. The summed E-state index contributed by atoms with van der Waals surface area (Å²) in [7, 11) is 0. The molecule has 0 spiro atoms. The van der Waals surface area contributed by atoms with Crippen molar-refractivity contribution in [2.24, 2.45) is 5.73 Å². The zero-order chi connectivity index (χ0) is 24.0. The molecule has 2 aromatic rings. The van der Waals surface area contributed by atoms with E-state index in [1.54, 1.807) is 5.38 Å². The molecule has 0 saturated carbocycles. The SMILES string of the molecule is C/C=C\C=C(/C)c1nc(C(=O)Nc2ccccc2N2CCC(NC(C)C)(C(N)=O)CC2)cs1. The van der Waals surface area contributed by atoms with E-state index >= 15 is 0 Å². The maximum absolute atomic E-state index is 12.9. The monoisotopic (exact) mass is 467 g/mol. The van der Waals surface area contributed by atoms with E-state index in [0.29, 0.717) is 31.6 Å². The molecule has 0 bridgehead atoms. The van der Waals surface area contributed by atoms with Gasteiger partial charge in [0.05, 0.1) is 11.4 Å². The number of nitrogens with one attached hydrogen (secondary N) is 2. The fourth-order valence-electron chi connectivity index (χ4n) is 4.06. The third kappa shape index (κ3) is 5.89. The van der Waals surface area contributed by atoms with Crippen LogP contribution >= 0.6 is 11.3 Å². The van der Waals surface area contributed by atoms with Crippen LogP contribution in [0.25, 0.3) is 5.57 Å². The molecule has 0 unspecified atom stereocenters. The lowest BCUT2D eigenvalue weighted by molar-refractivity contribution is -0.125. The van der Waals surface area contributed by atoms with Gasteiger partial charge in [-0.05, 0) is 58.2 Å². The predicted octanol–water partition coefficient (Wildman–Crippen LogP) is 4.20. The quantitative estimate of drug-likeness (QED) is 0.505. The van der Waals surface area contributed by atoms with E-state index < -0.39 is 5.54 Å². The first-order valence-electron chi connectivity index (χ1n) is 11.2. The van der Waals surface area contributed by atoms with E-state index in [4.69, 9.17) is 5.73 Å². The Hall–Kier alpha value is -2.97. The highest BCUT2D eigenvalue weighted by molar-refractivity contribution is 7.11. The van der Waals surface area contributed by atoms with Crippen LogP contribution in [0, 0.1) is 0 Å². The van der Waals surface area contributed by atoms with Crippen LogP contribution in [0.15, 0.2) is 47.9 Å². The maximum atomic E-state index is 12.9. The number of amides is 2. The molecule has 0 atom stereocenters. The number of rotatable bonds is 8. The molecule has 0 aliphatic carbocycles. The average molecular weight is 468 g/mol. The highest BCUT2D eigenvalue weighted by atomic mass is 32.1. The number of benzene rings is 1. The molecule has 4 N–H and O–H groups in total. The summed E-state index contributed by atoms with van der Waals surface area (Å²) in [6, 6.07) is 7.88. The van der Waals surface area contributed by atoms with Gasteiger partial charge < -0.3 is 21.3 Å². The predicted molar refractivity (Wildman–Crippen MR) is 137 cm³/mol. The summed E-state index contributed by atoms with van der Waals surface area (Å²) in [5.74, 6) is -0.552. The van der Waals surface area contributed by atoms with Gasteiger partial charge in [-0.25, -0.2) is 4.98 Å². The number of primary amides is 1. The van der Waals surface area contributed by atoms with Crippen LogP contribution in [-0.2, 0) is 4.79 Å². The first-order chi connectivity index (χ1) is 15.8. The largest absolute Gasteiger partial charge is 0.370 e. The third-order valence-electron chi connectivity index (χ3n) is 5.76. The molecule has 2 amide bonds. The van der Waals surface area contributed by atoms with Gasteiger partial charge in [0.2, 0.25) is 5.91 Å². The van der Waals surface area contributed by atoms with Gasteiger partial charge in [0.25, 0.3) is 5.91 Å². The highest BCUT2D eigenvalue weighted by Crippen LogP contribution is 2.32. The van der Waals surface area contributed by atoms with Crippen LogP contribution in [0.4, 0.5) is 11.4 Å². The summed E-state index contributed by atoms with van der Waals surface area (Å²) in [6.07, 6.45) is 7.10. The molecule has 1 aromatic carbocycles. The number of carbonyl (C=O) groups excluding carboxylic acids is 2. The zero-order valence-electron chi connectivity index (χ0n) is 19.7. The minimum Gasteiger partial charge on any atom is -0.370 e. The molecule has 1 aliphatic heterocycles. The summed E-state index contributed by atoms with van der Waals surface area (Å²) in [5, 5.41) is 8.99. The highest BCUT2D eigenvalue weighted by Gasteiger charge is 2.40. The molecular formula is C25H33N5O2S. The van der Waals surface area contributed by atoms with Gasteiger partial charge in [-0.1, -0.05) is 30.4 Å². The Balaban J connectivity index is 1.74. The Morgan fingerprint density at radius 2 is 1.94 bits per heavy atom. The number of nitrogens with zero attached hydrogens (tertiary/aromatic N) is 2. The molecule has 1 aliphatic rings. The molecule has 1 saturated heterocycles. The number of hydrogen-bond acceptors (Lipinski definition) is 6. The summed E-state index contributed by atoms with van der Waals surface area (Å²) in [5.41, 5.74) is 8.11. The Morgan fingerprint density at radius 3 is 2.58 bits per heavy atom. The Labute approximate surface area is 199 Å². The lowest BCUT2D eigenvalue weighted by atomic mass is 9.85. The van der Waals surface area contributed by atoms with Gasteiger partial charge in [0, 0.05) is 24.5 Å². The van der Waals surface area contributed by atoms with Gasteiger partial charge in [-0.2, -0.15) is 0 Å². The number of piperidine rings is 1. The van der Waals surface area contributed by atoms with Crippen molar-refractivity contribution in [2.45, 2.75) is 52.1 Å². The van der Waals surface area contributed by atoms with E-state index in [-0.39, 0.29) is 17.9 Å². The van der Waals surface area contributed by atoms with Crippen molar-refractivity contribution in [2.75, 3.05) is 23.3 Å². The topological polar surface area (TPSA) is 100 Å². The lowest BCUT2D eigenvalue weighted by Gasteiger charge is -2.42. The maximum Gasteiger partial charge on any atom is 0.275 e. The van der Waals surface area contributed by atoms with Crippen LogP contribution in [0.3, 0.4) is 0 Å². The Morgan fingerprint density at radius 1 is 1.24 bits per heavy atom. The lowest BCUT2D eigenvalue weighted by Crippen LogP contribution is -2.62. The van der Waals surface area contributed by atoms with Crippen LogP contribution in [0.2, 0.25) is 0 Å². The fourth-order valence-corrected chi connectivity index (χ4v) is 4.84. The first-order valence-corrected chi connectivity index (χ1v) is 12.1. The van der Waals surface area contributed by atoms with Gasteiger partial charge in [0.1, 0.15) is 16.2 Å². The van der Waals surface area contributed by atoms with Crippen molar-refractivity contribution < 1.29 is 9.59 Å². The number of thiazole rings is 1. The Bertz CT molecular complexity index is 1050. The number of carbonyl (C=O) groups is 2. The molecule has 1 fully saturated rings. The molecule has 8 heteroatoms. The molecule has 33 heavy (non-hydrogen) atoms. The molecule has 3 rings (SSSR count). The molecule has 1 aromatic heterocycles. The summed E-state index contributed by atoms with van der Waals surface area (Å²) in [4.78, 5) is 31.8. The standard InChI is InChI=1S/C25H33N5O2S/c1-5-6-9-18(4)23-28-20(16-33-23)22(31)27-19-10-7-8-11-21(19)30-14-12-25(13-15-30,24(26)32)29-17(2)3/h5-11,16-17,29H,12-15H2,1-4H3,(H2,26,32)(H,27,31)/b6-5-,18-9+. The van der Waals surface area contributed by atoms with E-state index in [1.807, 2.05) is 70.2 Å². The van der Waals surface area contributed by atoms with Crippen molar-refractivity contribution in [1.29, 1.82) is 0 Å². The summed E-state index contributed by atoms with van der Waals surface area (Å²) < 4.78 is 0. The van der Waals surface area contributed by atoms with Crippen molar-refractivity contribution in [3.8, 4) is 0 Å². The molecular weight excluding hydrogens is 434 g/mol. The van der Waals surface area contributed by atoms with E-state index in [2.05, 4.69) is 20.5 Å². The molecule has 7 nitrogen and oxygen atoms in total. The van der Waals surface area contributed by atoms with E-state index in [1.165, 1.54) is 11.3 Å². The summed E-state index contributed by atoms with van der Waals surface area (Å²) >= 11 is 1.45. The smallest absolute Gasteiger partial charge is 0.275 e. The number of para-hydroxylation sites is 2. The first kappa shape index (κ1) is 24.7. The van der Waals surface area contributed by atoms with Crippen molar-refractivity contribution >= 4 is 40.1 Å². The second-order valence-electron chi connectivity index (χ2n) is 8.62. The van der Waals surface area contributed by atoms with Crippen molar-refractivity contribution in [3.05, 3.63) is 58.6 Å².